The number of halogens is 2. The maximum Gasteiger partial charge on any atom is 0.410 e. The molecular weight excluding hydrogens is 304 g/mol. The Labute approximate surface area is 134 Å². The number of amides is 1. The lowest BCUT2D eigenvalue weighted by Gasteiger charge is -2.32. The van der Waals surface area contributed by atoms with Gasteiger partial charge in [0.25, 0.3) is 0 Å². The molecule has 126 valence electrons. The summed E-state index contributed by atoms with van der Waals surface area (Å²) in [7, 11) is 0. The average Bonchev–Trinajstić information content (AvgIpc) is 2.52. The molecular formula is C17H21F2NO3. The van der Waals surface area contributed by atoms with E-state index in [2.05, 4.69) is 0 Å². The maximum absolute atomic E-state index is 13.5. The van der Waals surface area contributed by atoms with Crippen molar-refractivity contribution in [3.05, 3.63) is 35.9 Å². The predicted molar refractivity (Wildman–Crippen MR) is 81.2 cm³/mol. The summed E-state index contributed by atoms with van der Waals surface area (Å²) in [4.78, 5) is 24.1. The van der Waals surface area contributed by atoms with Crippen LogP contribution >= 0.6 is 0 Å². The Morgan fingerprint density at radius 3 is 2.74 bits per heavy atom. The molecule has 0 N–H and O–H groups in total. The SMILES string of the molecule is O=CCN(CC1CCCC(F)(F)C1)C(=O)OCc1ccccc1. The lowest BCUT2D eigenvalue weighted by atomic mass is 9.86. The Kier molecular flexibility index (Phi) is 6.07. The highest BCUT2D eigenvalue weighted by Crippen LogP contribution is 2.36. The van der Waals surface area contributed by atoms with Crippen LogP contribution in [0.1, 0.15) is 31.2 Å². The molecule has 0 bridgehead atoms. The molecule has 0 radical (unpaired) electrons. The first kappa shape index (κ1) is 17.4. The van der Waals surface area contributed by atoms with E-state index >= 15 is 0 Å². The number of ether oxygens (including phenoxy) is 1. The van der Waals surface area contributed by atoms with Crippen molar-refractivity contribution in [2.75, 3.05) is 13.1 Å². The summed E-state index contributed by atoms with van der Waals surface area (Å²) in [6.07, 6.45) is 0.673. The number of hydrogen-bond acceptors (Lipinski definition) is 3. The van der Waals surface area contributed by atoms with E-state index in [1.54, 1.807) is 0 Å². The van der Waals surface area contributed by atoms with Crippen LogP contribution in [0.15, 0.2) is 30.3 Å². The van der Waals surface area contributed by atoms with Crippen LogP contribution in [0.4, 0.5) is 13.6 Å². The van der Waals surface area contributed by atoms with Crippen LogP contribution in [-0.2, 0) is 16.1 Å². The number of benzene rings is 1. The van der Waals surface area contributed by atoms with Crippen LogP contribution in [0, 0.1) is 5.92 Å². The number of alkyl halides is 2. The molecule has 0 spiro atoms. The highest BCUT2D eigenvalue weighted by molar-refractivity contribution is 5.71. The van der Waals surface area contributed by atoms with Gasteiger partial charge in [0.2, 0.25) is 5.92 Å². The molecule has 1 unspecified atom stereocenters. The van der Waals surface area contributed by atoms with E-state index in [0.29, 0.717) is 19.1 Å². The third-order valence-corrected chi connectivity index (χ3v) is 3.98. The molecule has 2 rings (SSSR count). The summed E-state index contributed by atoms with van der Waals surface area (Å²) in [6, 6.07) is 9.15. The molecule has 6 heteroatoms. The van der Waals surface area contributed by atoms with Crippen LogP contribution < -0.4 is 0 Å². The number of carbonyl (C=O) groups is 2. The largest absolute Gasteiger partial charge is 0.445 e. The summed E-state index contributed by atoms with van der Waals surface area (Å²) >= 11 is 0. The van der Waals surface area contributed by atoms with E-state index < -0.39 is 12.0 Å². The smallest absolute Gasteiger partial charge is 0.410 e. The number of nitrogens with zero attached hydrogens (tertiary/aromatic N) is 1. The Morgan fingerprint density at radius 1 is 1.35 bits per heavy atom. The standard InChI is InChI=1S/C17H21F2NO3/c18-17(19)8-4-7-15(11-17)12-20(9-10-21)16(22)23-13-14-5-2-1-3-6-14/h1-3,5-6,10,15H,4,7-9,11-13H2. The van der Waals surface area contributed by atoms with Gasteiger partial charge in [-0.3, -0.25) is 0 Å². The summed E-state index contributed by atoms with van der Waals surface area (Å²) in [5.41, 5.74) is 0.830. The van der Waals surface area contributed by atoms with Crippen molar-refractivity contribution in [2.24, 2.45) is 5.92 Å². The third-order valence-electron chi connectivity index (χ3n) is 3.98. The Hall–Kier alpha value is -1.98. The van der Waals surface area contributed by atoms with Crippen molar-refractivity contribution in [1.82, 2.24) is 4.90 Å². The van der Waals surface area contributed by atoms with Gasteiger partial charge in [-0.25, -0.2) is 13.6 Å². The second-order valence-electron chi connectivity index (χ2n) is 5.93. The van der Waals surface area contributed by atoms with Crippen LogP contribution in [0.5, 0.6) is 0 Å². The van der Waals surface area contributed by atoms with Crippen LogP contribution in [0.25, 0.3) is 0 Å². The molecule has 0 heterocycles. The molecule has 0 aromatic heterocycles. The van der Waals surface area contributed by atoms with Crippen molar-refractivity contribution < 1.29 is 23.1 Å². The van der Waals surface area contributed by atoms with E-state index in [0.717, 1.165) is 5.56 Å². The van der Waals surface area contributed by atoms with Gasteiger partial charge in [-0.05, 0) is 24.3 Å². The lowest BCUT2D eigenvalue weighted by molar-refractivity contribution is -0.109. The molecule has 1 aliphatic rings. The lowest BCUT2D eigenvalue weighted by Crippen LogP contribution is -2.40. The predicted octanol–water partition coefficient (Wildman–Crippen LogP) is 3.65. The van der Waals surface area contributed by atoms with Gasteiger partial charge in [-0.15, -0.1) is 0 Å². The second-order valence-corrected chi connectivity index (χ2v) is 5.93. The minimum absolute atomic E-state index is 0.0931. The van der Waals surface area contributed by atoms with E-state index in [4.69, 9.17) is 4.74 Å². The molecule has 23 heavy (non-hydrogen) atoms. The third kappa shape index (κ3) is 5.62. The summed E-state index contributed by atoms with van der Waals surface area (Å²) < 4.78 is 32.1. The fourth-order valence-electron chi connectivity index (χ4n) is 2.87. The Balaban J connectivity index is 1.89. The van der Waals surface area contributed by atoms with Crippen molar-refractivity contribution in [3.8, 4) is 0 Å². The zero-order valence-electron chi connectivity index (χ0n) is 12.9. The molecule has 0 saturated heterocycles. The molecule has 0 aliphatic heterocycles. The van der Waals surface area contributed by atoms with Crippen LogP contribution in [0.2, 0.25) is 0 Å². The Morgan fingerprint density at radius 2 is 2.09 bits per heavy atom. The molecule has 1 atom stereocenters. The molecule has 1 aromatic rings. The van der Waals surface area contributed by atoms with Gasteiger partial charge in [-0.2, -0.15) is 0 Å². The number of rotatable bonds is 6. The van der Waals surface area contributed by atoms with Crippen LogP contribution in [-0.4, -0.2) is 36.3 Å². The second kappa shape index (κ2) is 8.04. The van der Waals surface area contributed by atoms with E-state index in [-0.39, 0.29) is 38.5 Å². The van der Waals surface area contributed by atoms with E-state index in [1.165, 1.54) is 4.90 Å². The van der Waals surface area contributed by atoms with Crippen LogP contribution in [0.3, 0.4) is 0 Å². The van der Waals surface area contributed by atoms with Crippen molar-refractivity contribution in [1.29, 1.82) is 0 Å². The van der Waals surface area contributed by atoms with Gasteiger partial charge < -0.3 is 14.4 Å². The highest BCUT2D eigenvalue weighted by Gasteiger charge is 2.37. The minimum atomic E-state index is -2.68. The maximum atomic E-state index is 13.5. The number of hydrogen-bond donors (Lipinski definition) is 0. The van der Waals surface area contributed by atoms with E-state index in [1.807, 2.05) is 30.3 Å². The summed E-state index contributed by atoms with van der Waals surface area (Å²) in [6.45, 7) is 0.0769. The molecule has 1 fully saturated rings. The van der Waals surface area contributed by atoms with Gasteiger partial charge in [0.1, 0.15) is 12.9 Å². The fraction of sp³-hybridized carbons (Fsp3) is 0.529. The molecule has 4 nitrogen and oxygen atoms in total. The van der Waals surface area contributed by atoms with Gasteiger partial charge in [0.15, 0.2) is 0 Å². The summed E-state index contributed by atoms with van der Waals surface area (Å²) in [5.74, 6) is -2.98. The van der Waals surface area contributed by atoms with E-state index in [9.17, 15) is 18.4 Å². The Bertz CT molecular complexity index is 522. The van der Waals surface area contributed by atoms with Crippen molar-refractivity contribution in [2.45, 2.75) is 38.2 Å². The highest BCUT2D eigenvalue weighted by atomic mass is 19.3. The monoisotopic (exact) mass is 325 g/mol. The molecule has 1 amide bonds. The molecule has 1 saturated carbocycles. The normalized spacial score (nSPS) is 19.8. The minimum Gasteiger partial charge on any atom is -0.445 e. The van der Waals surface area contributed by atoms with Crippen molar-refractivity contribution in [3.63, 3.8) is 0 Å². The fourth-order valence-corrected chi connectivity index (χ4v) is 2.87. The molecule has 1 aromatic carbocycles. The first-order chi connectivity index (χ1) is 11.0. The zero-order valence-corrected chi connectivity index (χ0v) is 12.9. The van der Waals surface area contributed by atoms with Gasteiger partial charge in [-0.1, -0.05) is 30.3 Å². The van der Waals surface area contributed by atoms with Crippen molar-refractivity contribution >= 4 is 12.4 Å². The summed E-state index contributed by atoms with van der Waals surface area (Å²) in [5, 5.41) is 0. The first-order valence-corrected chi connectivity index (χ1v) is 7.77. The molecule has 1 aliphatic carbocycles. The van der Waals surface area contributed by atoms with Gasteiger partial charge in [0.05, 0.1) is 6.54 Å². The average molecular weight is 325 g/mol. The van der Waals surface area contributed by atoms with Gasteiger partial charge >= 0.3 is 6.09 Å². The quantitative estimate of drug-likeness (QED) is 0.750. The zero-order chi connectivity index (χ0) is 16.7. The number of aldehydes is 1. The number of carbonyl (C=O) groups excluding carboxylic acids is 2. The van der Waals surface area contributed by atoms with Gasteiger partial charge in [0, 0.05) is 19.4 Å². The first-order valence-electron chi connectivity index (χ1n) is 7.77. The topological polar surface area (TPSA) is 46.6 Å².